The molecule has 1 aromatic carbocycles. The molecule has 1 aliphatic rings. The van der Waals surface area contributed by atoms with Gasteiger partial charge in [0.25, 0.3) is 0 Å². The summed E-state index contributed by atoms with van der Waals surface area (Å²) >= 11 is 0. The number of benzene rings is 1. The number of furan rings is 1. The van der Waals surface area contributed by atoms with Gasteiger partial charge in [0.1, 0.15) is 5.76 Å². The highest BCUT2D eigenvalue weighted by atomic mass is 16.3. The van der Waals surface area contributed by atoms with E-state index in [1.807, 2.05) is 12.1 Å². The van der Waals surface area contributed by atoms with Gasteiger partial charge in [-0.05, 0) is 53.2 Å². The Bertz CT molecular complexity index is 765. The molecule has 0 aliphatic heterocycles. The smallest absolute Gasteiger partial charge is 0.243 e. The molecule has 1 N–H and O–H groups in total. The molecule has 4 nitrogen and oxygen atoms in total. The van der Waals surface area contributed by atoms with Crippen LogP contribution in [-0.4, -0.2) is 12.1 Å². The van der Waals surface area contributed by atoms with Gasteiger partial charge >= 0.3 is 0 Å². The van der Waals surface area contributed by atoms with Gasteiger partial charge < -0.3 is 4.42 Å². The lowest BCUT2D eigenvalue weighted by Gasteiger charge is -2.19. The summed E-state index contributed by atoms with van der Waals surface area (Å²) in [5.41, 5.74) is 5.30. The Hall–Kier alpha value is -2.62. The van der Waals surface area contributed by atoms with E-state index in [0.717, 1.165) is 12.2 Å². The van der Waals surface area contributed by atoms with Crippen molar-refractivity contribution in [2.45, 2.75) is 38.5 Å². The molecule has 1 aliphatic carbocycles. The van der Waals surface area contributed by atoms with Crippen molar-refractivity contribution in [1.29, 1.82) is 0 Å². The van der Waals surface area contributed by atoms with E-state index in [-0.39, 0.29) is 17.2 Å². The van der Waals surface area contributed by atoms with Gasteiger partial charge in [-0.25, -0.2) is 5.43 Å². The molecule has 0 spiro atoms. The molecule has 1 aromatic heterocycles. The normalized spacial score (nSPS) is 20.3. The van der Waals surface area contributed by atoms with Gasteiger partial charge in [0.15, 0.2) is 0 Å². The number of rotatable bonds is 5. The summed E-state index contributed by atoms with van der Waals surface area (Å²) in [5, 5.41) is 3.95. The average Bonchev–Trinajstić information content (AvgIpc) is 3.22. The summed E-state index contributed by atoms with van der Waals surface area (Å²) in [4.78, 5) is 12.1. The summed E-state index contributed by atoms with van der Waals surface area (Å²) in [6.07, 6.45) is 7.56. The quantitative estimate of drug-likeness (QED) is 0.646. The predicted octanol–water partition coefficient (Wildman–Crippen LogP) is 4.50. The van der Waals surface area contributed by atoms with Crippen molar-refractivity contribution >= 4 is 18.2 Å². The number of hydrogen-bond acceptors (Lipinski definition) is 3. The van der Waals surface area contributed by atoms with Gasteiger partial charge in [0, 0.05) is 12.1 Å². The fourth-order valence-electron chi connectivity index (χ4n) is 2.83. The average molecular weight is 336 g/mol. The van der Waals surface area contributed by atoms with Crippen LogP contribution in [0.15, 0.2) is 58.3 Å². The second-order valence-electron chi connectivity index (χ2n) is 7.45. The summed E-state index contributed by atoms with van der Waals surface area (Å²) in [6, 6.07) is 12.3. The van der Waals surface area contributed by atoms with Crippen LogP contribution in [0.5, 0.6) is 0 Å². The van der Waals surface area contributed by atoms with Crippen LogP contribution >= 0.6 is 0 Å². The maximum atomic E-state index is 12.1. The van der Waals surface area contributed by atoms with Gasteiger partial charge in [-0.15, -0.1) is 0 Å². The molecule has 2 atom stereocenters. The van der Waals surface area contributed by atoms with Crippen LogP contribution < -0.4 is 5.43 Å². The van der Waals surface area contributed by atoms with Crippen molar-refractivity contribution in [1.82, 2.24) is 5.43 Å². The SMILES string of the molecule is CC(C)(C)c1ccc(C2CC2C(=O)N/N=C/C=C/c2ccco2)cc1. The fourth-order valence-corrected chi connectivity index (χ4v) is 2.83. The highest BCUT2D eigenvalue weighted by molar-refractivity contribution is 5.84. The number of carbonyl (C=O) groups is 1. The van der Waals surface area contributed by atoms with Gasteiger partial charge in [0.05, 0.1) is 6.26 Å². The topological polar surface area (TPSA) is 54.6 Å². The lowest BCUT2D eigenvalue weighted by Crippen LogP contribution is -2.19. The van der Waals surface area contributed by atoms with Crippen LogP contribution in [0.25, 0.3) is 6.08 Å². The number of allylic oxidation sites excluding steroid dienone is 1. The third-order valence-corrected chi connectivity index (χ3v) is 4.47. The first-order chi connectivity index (χ1) is 11.9. The van der Waals surface area contributed by atoms with Crippen molar-refractivity contribution in [2.24, 2.45) is 11.0 Å². The summed E-state index contributed by atoms with van der Waals surface area (Å²) in [7, 11) is 0. The van der Waals surface area contributed by atoms with Crippen molar-refractivity contribution < 1.29 is 9.21 Å². The van der Waals surface area contributed by atoms with Crippen molar-refractivity contribution in [3.8, 4) is 0 Å². The lowest BCUT2D eigenvalue weighted by molar-refractivity contribution is -0.122. The minimum atomic E-state index is -0.0208. The zero-order valence-corrected chi connectivity index (χ0v) is 14.9. The number of carbonyl (C=O) groups excluding carboxylic acids is 1. The molecule has 2 unspecified atom stereocenters. The number of hydrogen-bond donors (Lipinski definition) is 1. The van der Waals surface area contributed by atoms with Gasteiger partial charge in [0.2, 0.25) is 5.91 Å². The molecule has 25 heavy (non-hydrogen) atoms. The second kappa shape index (κ2) is 7.09. The zero-order chi connectivity index (χ0) is 17.9. The maximum Gasteiger partial charge on any atom is 0.243 e. The standard InChI is InChI=1S/C21H24N2O2/c1-21(2,3)16-10-8-15(9-11-16)18-14-19(18)20(24)23-22-12-4-6-17-7-5-13-25-17/h4-13,18-19H,14H2,1-3H3,(H,23,24)/b6-4+,22-12+. The fraction of sp³-hybridized carbons (Fsp3) is 0.333. The molecule has 4 heteroatoms. The van der Waals surface area contributed by atoms with Crippen LogP contribution in [0.1, 0.15) is 50.0 Å². The largest absolute Gasteiger partial charge is 0.465 e. The molecule has 2 aromatic rings. The van der Waals surface area contributed by atoms with Crippen LogP contribution in [0, 0.1) is 5.92 Å². The molecule has 0 radical (unpaired) electrons. The first kappa shape index (κ1) is 17.2. The Morgan fingerprint density at radius 2 is 2.00 bits per heavy atom. The summed E-state index contributed by atoms with van der Waals surface area (Å²) < 4.78 is 5.17. The third-order valence-electron chi connectivity index (χ3n) is 4.47. The highest BCUT2D eigenvalue weighted by Gasteiger charge is 2.43. The maximum absolute atomic E-state index is 12.1. The third kappa shape index (κ3) is 4.47. The molecule has 1 fully saturated rings. The van der Waals surface area contributed by atoms with E-state index in [2.05, 4.69) is 55.6 Å². The minimum Gasteiger partial charge on any atom is -0.465 e. The summed E-state index contributed by atoms with van der Waals surface area (Å²) in [6.45, 7) is 6.61. The van der Waals surface area contributed by atoms with Gasteiger partial charge in [-0.3, -0.25) is 4.79 Å². The van der Waals surface area contributed by atoms with Gasteiger partial charge in [-0.1, -0.05) is 45.0 Å². The van der Waals surface area contributed by atoms with E-state index in [4.69, 9.17) is 4.42 Å². The Labute approximate surface area is 148 Å². The Kier molecular flexibility index (Phi) is 4.88. The molecule has 130 valence electrons. The monoisotopic (exact) mass is 336 g/mol. The predicted molar refractivity (Wildman–Crippen MR) is 100 cm³/mol. The number of hydrazone groups is 1. The molecule has 1 saturated carbocycles. The molecule has 0 bridgehead atoms. The molecule has 3 rings (SSSR count). The van der Waals surface area contributed by atoms with E-state index in [9.17, 15) is 4.79 Å². The van der Waals surface area contributed by atoms with Crippen LogP contribution in [-0.2, 0) is 10.2 Å². The number of nitrogens with zero attached hydrogens (tertiary/aromatic N) is 1. The number of nitrogens with one attached hydrogen (secondary N) is 1. The Balaban J connectivity index is 1.48. The van der Waals surface area contributed by atoms with E-state index >= 15 is 0 Å². The van der Waals surface area contributed by atoms with Crippen molar-refractivity contribution in [3.63, 3.8) is 0 Å². The lowest BCUT2D eigenvalue weighted by atomic mass is 9.86. The highest BCUT2D eigenvalue weighted by Crippen LogP contribution is 2.47. The van der Waals surface area contributed by atoms with E-state index in [0.29, 0.717) is 5.92 Å². The molecule has 0 saturated heterocycles. The zero-order valence-electron chi connectivity index (χ0n) is 14.9. The van der Waals surface area contributed by atoms with Gasteiger partial charge in [-0.2, -0.15) is 5.10 Å². The first-order valence-electron chi connectivity index (χ1n) is 8.58. The molecule has 1 amide bonds. The van der Waals surface area contributed by atoms with E-state index < -0.39 is 0 Å². The van der Waals surface area contributed by atoms with Crippen LogP contribution in [0.2, 0.25) is 0 Å². The van der Waals surface area contributed by atoms with Crippen LogP contribution in [0.3, 0.4) is 0 Å². The van der Waals surface area contributed by atoms with Crippen LogP contribution in [0.4, 0.5) is 0 Å². The minimum absolute atomic E-state index is 0.0201. The number of amides is 1. The Morgan fingerprint density at radius 3 is 2.64 bits per heavy atom. The first-order valence-corrected chi connectivity index (χ1v) is 8.58. The molecule has 1 heterocycles. The molecular weight excluding hydrogens is 312 g/mol. The Morgan fingerprint density at radius 1 is 1.24 bits per heavy atom. The van der Waals surface area contributed by atoms with Crippen molar-refractivity contribution in [2.75, 3.05) is 0 Å². The molecular formula is C21H24N2O2. The van der Waals surface area contributed by atoms with Crippen molar-refractivity contribution in [3.05, 3.63) is 65.6 Å². The second-order valence-corrected chi connectivity index (χ2v) is 7.45. The van der Waals surface area contributed by atoms with E-state index in [1.54, 1.807) is 24.6 Å². The van der Waals surface area contributed by atoms with E-state index in [1.165, 1.54) is 11.1 Å². The summed E-state index contributed by atoms with van der Waals surface area (Å²) in [5.74, 6) is 1.06.